The number of carbonyl (C=O) groups excluding carboxylic acids is 1. The zero-order valence-electron chi connectivity index (χ0n) is 14.8. The Balaban J connectivity index is 1.40. The maximum Gasteiger partial charge on any atom is 0.224 e. The Morgan fingerprint density at radius 2 is 2.15 bits per heavy atom. The fourth-order valence-corrected chi connectivity index (χ4v) is 3.98. The normalized spacial score (nSPS) is 18.8. The van der Waals surface area contributed by atoms with Crippen molar-refractivity contribution in [1.82, 2.24) is 24.6 Å². The van der Waals surface area contributed by atoms with Crippen LogP contribution in [0.1, 0.15) is 36.3 Å². The minimum Gasteiger partial charge on any atom is -0.368 e. The van der Waals surface area contributed by atoms with Gasteiger partial charge in [-0.25, -0.2) is 9.97 Å². The molecule has 26 heavy (non-hydrogen) atoms. The number of halogens is 1. The van der Waals surface area contributed by atoms with Gasteiger partial charge >= 0.3 is 0 Å². The molecule has 7 nitrogen and oxygen atoms in total. The third kappa shape index (κ3) is 3.33. The molecule has 1 fully saturated rings. The van der Waals surface area contributed by atoms with E-state index in [1.165, 1.54) is 5.56 Å². The highest BCUT2D eigenvalue weighted by atomic mass is 35.5. The molecule has 138 valence electrons. The van der Waals surface area contributed by atoms with Crippen LogP contribution in [0.15, 0.2) is 18.6 Å². The third-order valence-corrected chi connectivity index (χ3v) is 5.44. The molecule has 2 aliphatic rings. The van der Waals surface area contributed by atoms with Gasteiger partial charge in [0.05, 0.1) is 23.5 Å². The molecule has 8 heteroatoms. The molecule has 0 radical (unpaired) electrons. The standard InChI is InChI=1S/C18H22ClN5O2/c1-13-20-10-14-3-9-26-18(17(14)22-13)4-7-23(8-5-18)16(25)2-6-24-12-15(19)11-21-24/h10-12H,2-9H2,1H3. The van der Waals surface area contributed by atoms with E-state index in [4.69, 9.17) is 16.3 Å². The van der Waals surface area contributed by atoms with Gasteiger partial charge in [-0.1, -0.05) is 11.6 Å². The molecule has 2 aliphatic heterocycles. The van der Waals surface area contributed by atoms with Crippen LogP contribution in [0, 0.1) is 6.92 Å². The molecule has 0 aliphatic carbocycles. The number of amides is 1. The van der Waals surface area contributed by atoms with Crippen LogP contribution in [0.2, 0.25) is 5.02 Å². The number of hydrogen-bond acceptors (Lipinski definition) is 5. The quantitative estimate of drug-likeness (QED) is 0.821. The lowest BCUT2D eigenvalue weighted by Gasteiger charge is -2.44. The molecular weight excluding hydrogens is 354 g/mol. The summed E-state index contributed by atoms with van der Waals surface area (Å²) in [6, 6.07) is 0. The second-order valence-electron chi connectivity index (χ2n) is 6.94. The molecule has 2 aromatic rings. The molecule has 1 saturated heterocycles. The van der Waals surface area contributed by atoms with Gasteiger partial charge in [-0.15, -0.1) is 0 Å². The van der Waals surface area contributed by atoms with Crippen molar-refractivity contribution in [3.05, 3.63) is 40.7 Å². The fraction of sp³-hybridized carbons (Fsp3) is 0.556. The molecule has 0 unspecified atom stereocenters. The number of likely N-dealkylation sites (tertiary alicyclic amines) is 1. The van der Waals surface area contributed by atoms with Gasteiger partial charge in [-0.3, -0.25) is 9.48 Å². The third-order valence-electron chi connectivity index (χ3n) is 5.25. The molecule has 0 bridgehead atoms. The zero-order valence-corrected chi connectivity index (χ0v) is 15.6. The van der Waals surface area contributed by atoms with E-state index in [0.29, 0.717) is 37.7 Å². The molecule has 4 heterocycles. The summed E-state index contributed by atoms with van der Waals surface area (Å²) >= 11 is 5.86. The number of carbonyl (C=O) groups is 1. The first-order chi connectivity index (χ1) is 12.6. The number of aromatic nitrogens is 4. The van der Waals surface area contributed by atoms with Gasteiger partial charge in [0, 0.05) is 38.4 Å². The summed E-state index contributed by atoms with van der Waals surface area (Å²) in [6.07, 6.45) is 8.06. The summed E-state index contributed by atoms with van der Waals surface area (Å²) < 4.78 is 7.89. The molecule has 0 saturated carbocycles. The van der Waals surface area contributed by atoms with Crippen molar-refractivity contribution in [1.29, 1.82) is 0 Å². The van der Waals surface area contributed by atoms with Crippen LogP contribution in [-0.2, 0) is 28.1 Å². The molecule has 0 N–H and O–H groups in total. The molecule has 1 spiro atoms. The maximum atomic E-state index is 12.5. The lowest BCUT2D eigenvalue weighted by Crippen LogP contribution is -2.49. The number of hydrogen-bond donors (Lipinski definition) is 0. The van der Waals surface area contributed by atoms with Crippen molar-refractivity contribution < 1.29 is 9.53 Å². The molecule has 4 rings (SSSR count). The largest absolute Gasteiger partial charge is 0.368 e. The van der Waals surface area contributed by atoms with Crippen molar-refractivity contribution in [2.45, 2.75) is 44.8 Å². The van der Waals surface area contributed by atoms with Gasteiger partial charge in [0.15, 0.2) is 0 Å². The van der Waals surface area contributed by atoms with E-state index in [-0.39, 0.29) is 11.5 Å². The summed E-state index contributed by atoms with van der Waals surface area (Å²) in [5.74, 6) is 0.909. The second-order valence-corrected chi connectivity index (χ2v) is 7.37. The fourth-order valence-electron chi connectivity index (χ4n) is 3.82. The van der Waals surface area contributed by atoms with E-state index >= 15 is 0 Å². The Morgan fingerprint density at radius 3 is 2.88 bits per heavy atom. The zero-order chi connectivity index (χ0) is 18.1. The molecule has 0 aromatic carbocycles. The van der Waals surface area contributed by atoms with E-state index in [2.05, 4.69) is 15.1 Å². The number of rotatable bonds is 3. The Kier molecular flexibility index (Phi) is 4.67. The highest BCUT2D eigenvalue weighted by Gasteiger charge is 2.43. The highest BCUT2D eigenvalue weighted by Crippen LogP contribution is 2.40. The Hall–Kier alpha value is -1.99. The number of ether oxygens (including phenoxy) is 1. The predicted octanol–water partition coefficient (Wildman–Crippen LogP) is 2.12. The SMILES string of the molecule is Cc1ncc2c(n1)C1(CCN(C(=O)CCn3cc(Cl)cn3)CC1)OCC2. The lowest BCUT2D eigenvalue weighted by atomic mass is 9.83. The van der Waals surface area contributed by atoms with Crippen molar-refractivity contribution in [3.63, 3.8) is 0 Å². The molecule has 1 amide bonds. The van der Waals surface area contributed by atoms with Crippen LogP contribution in [0.3, 0.4) is 0 Å². The lowest BCUT2D eigenvalue weighted by molar-refractivity contribution is -0.141. The number of nitrogens with zero attached hydrogens (tertiary/aromatic N) is 5. The Bertz CT molecular complexity index is 814. The monoisotopic (exact) mass is 375 g/mol. The summed E-state index contributed by atoms with van der Waals surface area (Å²) in [7, 11) is 0. The number of piperidine rings is 1. The topological polar surface area (TPSA) is 73.1 Å². The van der Waals surface area contributed by atoms with Crippen LogP contribution in [-0.4, -0.2) is 50.3 Å². The van der Waals surface area contributed by atoms with E-state index in [0.717, 1.165) is 30.8 Å². The summed E-state index contributed by atoms with van der Waals surface area (Å²) in [6.45, 7) is 4.50. The van der Waals surface area contributed by atoms with Gasteiger partial charge in [0.25, 0.3) is 0 Å². The summed E-state index contributed by atoms with van der Waals surface area (Å²) in [5.41, 5.74) is 1.83. The van der Waals surface area contributed by atoms with Crippen LogP contribution < -0.4 is 0 Å². The molecule has 2 aromatic heterocycles. The summed E-state index contributed by atoms with van der Waals surface area (Å²) in [5, 5.41) is 4.70. The van der Waals surface area contributed by atoms with Gasteiger partial charge in [-0.2, -0.15) is 5.10 Å². The van der Waals surface area contributed by atoms with Crippen LogP contribution in [0.5, 0.6) is 0 Å². The molecule has 0 atom stereocenters. The first-order valence-electron chi connectivity index (χ1n) is 8.98. The van der Waals surface area contributed by atoms with Crippen molar-refractivity contribution in [2.75, 3.05) is 19.7 Å². The van der Waals surface area contributed by atoms with Crippen LogP contribution in [0.4, 0.5) is 0 Å². The van der Waals surface area contributed by atoms with Gasteiger partial charge in [0.2, 0.25) is 5.91 Å². The van der Waals surface area contributed by atoms with E-state index < -0.39 is 0 Å². The van der Waals surface area contributed by atoms with Gasteiger partial charge < -0.3 is 9.64 Å². The Morgan fingerprint density at radius 1 is 1.35 bits per heavy atom. The van der Waals surface area contributed by atoms with Crippen LogP contribution in [0.25, 0.3) is 0 Å². The first kappa shape index (κ1) is 17.4. The minimum atomic E-state index is -0.367. The predicted molar refractivity (Wildman–Crippen MR) is 95.8 cm³/mol. The van der Waals surface area contributed by atoms with E-state index in [1.54, 1.807) is 17.1 Å². The van der Waals surface area contributed by atoms with Crippen molar-refractivity contribution in [2.24, 2.45) is 0 Å². The highest BCUT2D eigenvalue weighted by molar-refractivity contribution is 6.30. The van der Waals surface area contributed by atoms with Crippen LogP contribution >= 0.6 is 11.6 Å². The first-order valence-corrected chi connectivity index (χ1v) is 9.36. The maximum absolute atomic E-state index is 12.5. The number of aryl methyl sites for hydroxylation is 2. The van der Waals surface area contributed by atoms with E-state index in [9.17, 15) is 4.79 Å². The van der Waals surface area contributed by atoms with Crippen molar-refractivity contribution >= 4 is 17.5 Å². The van der Waals surface area contributed by atoms with E-state index in [1.807, 2.05) is 18.0 Å². The summed E-state index contributed by atoms with van der Waals surface area (Å²) in [4.78, 5) is 23.4. The second kappa shape index (κ2) is 6.96. The van der Waals surface area contributed by atoms with Crippen molar-refractivity contribution in [3.8, 4) is 0 Å². The molecular formula is C18H22ClN5O2. The average Bonchev–Trinajstić information content (AvgIpc) is 3.06. The van der Waals surface area contributed by atoms with Gasteiger partial charge in [-0.05, 0) is 31.7 Å². The average molecular weight is 376 g/mol. The van der Waals surface area contributed by atoms with Gasteiger partial charge in [0.1, 0.15) is 11.4 Å². The minimum absolute atomic E-state index is 0.140. The smallest absolute Gasteiger partial charge is 0.224 e. The number of fused-ring (bicyclic) bond motifs is 2. The Labute approximate surface area is 157 Å².